The summed E-state index contributed by atoms with van der Waals surface area (Å²) in [7, 11) is 0. The summed E-state index contributed by atoms with van der Waals surface area (Å²) in [5, 5.41) is 1.40. The van der Waals surface area contributed by atoms with Crippen LogP contribution in [0.25, 0.3) is 0 Å². The monoisotopic (exact) mass is 283 g/mol. The standard InChI is InChI=1S/C14H15Cl2NO/c15-11-3-6-14(16)10(8-11)9-12(17)4-5-13-2-1-7-18-13/h1-3,6-8,12H,4-5,9,17H2. The quantitative estimate of drug-likeness (QED) is 0.898. The Labute approximate surface area is 117 Å². The van der Waals surface area contributed by atoms with Gasteiger partial charge in [0.25, 0.3) is 0 Å². The summed E-state index contributed by atoms with van der Waals surface area (Å²) < 4.78 is 5.27. The van der Waals surface area contributed by atoms with Crippen LogP contribution in [0.1, 0.15) is 17.7 Å². The highest BCUT2D eigenvalue weighted by Crippen LogP contribution is 2.22. The Kier molecular flexibility index (Phi) is 4.70. The molecule has 0 radical (unpaired) electrons. The van der Waals surface area contributed by atoms with Gasteiger partial charge in [0.05, 0.1) is 6.26 Å². The van der Waals surface area contributed by atoms with E-state index in [1.165, 1.54) is 0 Å². The molecular weight excluding hydrogens is 269 g/mol. The molecule has 0 saturated heterocycles. The van der Waals surface area contributed by atoms with Crippen LogP contribution in [0.4, 0.5) is 0 Å². The predicted octanol–water partition coefficient (Wildman–Crippen LogP) is 4.09. The van der Waals surface area contributed by atoms with Crippen LogP contribution in [0.2, 0.25) is 10.0 Å². The van der Waals surface area contributed by atoms with Gasteiger partial charge in [0.2, 0.25) is 0 Å². The normalized spacial score (nSPS) is 12.6. The summed E-state index contributed by atoms with van der Waals surface area (Å²) in [5.41, 5.74) is 7.09. The highest BCUT2D eigenvalue weighted by molar-refractivity contribution is 6.33. The molecule has 1 atom stereocenters. The van der Waals surface area contributed by atoms with Gasteiger partial charge in [-0.15, -0.1) is 0 Å². The molecule has 1 heterocycles. The number of benzene rings is 1. The van der Waals surface area contributed by atoms with Crippen molar-refractivity contribution in [1.29, 1.82) is 0 Å². The average Bonchev–Trinajstić information content (AvgIpc) is 2.84. The van der Waals surface area contributed by atoms with Crippen molar-refractivity contribution in [3.05, 3.63) is 58.0 Å². The first kappa shape index (κ1) is 13.5. The lowest BCUT2D eigenvalue weighted by Crippen LogP contribution is -2.23. The van der Waals surface area contributed by atoms with Crippen LogP contribution in [0.15, 0.2) is 41.0 Å². The number of halogens is 2. The molecule has 0 saturated carbocycles. The summed E-state index contributed by atoms with van der Waals surface area (Å²) >= 11 is 12.1. The van der Waals surface area contributed by atoms with E-state index in [9.17, 15) is 0 Å². The molecule has 0 spiro atoms. The Morgan fingerprint density at radius 2 is 2.06 bits per heavy atom. The van der Waals surface area contributed by atoms with Gasteiger partial charge >= 0.3 is 0 Å². The summed E-state index contributed by atoms with van der Waals surface area (Å²) in [5.74, 6) is 0.961. The molecule has 4 heteroatoms. The highest BCUT2D eigenvalue weighted by atomic mass is 35.5. The van der Waals surface area contributed by atoms with Crippen molar-refractivity contribution in [3.63, 3.8) is 0 Å². The Hall–Kier alpha value is -0.960. The first-order chi connectivity index (χ1) is 8.65. The van der Waals surface area contributed by atoms with Crippen LogP contribution in [-0.4, -0.2) is 6.04 Å². The summed E-state index contributed by atoms with van der Waals surface area (Å²) in [6, 6.07) is 9.34. The lowest BCUT2D eigenvalue weighted by molar-refractivity contribution is 0.484. The molecular formula is C14H15Cl2NO. The Morgan fingerprint density at radius 3 is 2.78 bits per heavy atom. The van der Waals surface area contributed by atoms with Crippen molar-refractivity contribution in [1.82, 2.24) is 0 Å². The molecule has 2 nitrogen and oxygen atoms in total. The van der Waals surface area contributed by atoms with Crippen molar-refractivity contribution in [2.75, 3.05) is 0 Å². The van der Waals surface area contributed by atoms with Gasteiger partial charge in [-0.1, -0.05) is 23.2 Å². The van der Waals surface area contributed by atoms with E-state index in [-0.39, 0.29) is 6.04 Å². The van der Waals surface area contributed by atoms with Crippen LogP contribution in [0, 0.1) is 0 Å². The fourth-order valence-corrected chi connectivity index (χ4v) is 2.26. The molecule has 2 aromatic rings. The SMILES string of the molecule is NC(CCc1ccco1)Cc1cc(Cl)ccc1Cl. The number of hydrogen-bond acceptors (Lipinski definition) is 2. The molecule has 1 aromatic carbocycles. The van der Waals surface area contributed by atoms with Crippen LogP contribution >= 0.6 is 23.2 Å². The third-order valence-corrected chi connectivity index (χ3v) is 3.44. The second-order valence-corrected chi connectivity index (χ2v) is 5.16. The first-order valence-corrected chi connectivity index (χ1v) is 6.62. The second kappa shape index (κ2) is 6.28. The second-order valence-electron chi connectivity index (χ2n) is 4.32. The molecule has 18 heavy (non-hydrogen) atoms. The lowest BCUT2D eigenvalue weighted by Gasteiger charge is -2.12. The predicted molar refractivity (Wildman–Crippen MR) is 75.2 cm³/mol. The molecule has 0 aliphatic carbocycles. The largest absolute Gasteiger partial charge is 0.469 e. The Balaban J connectivity index is 1.90. The third-order valence-electron chi connectivity index (χ3n) is 2.83. The molecule has 0 fully saturated rings. The van der Waals surface area contributed by atoms with Crippen LogP contribution < -0.4 is 5.73 Å². The molecule has 1 unspecified atom stereocenters. The van der Waals surface area contributed by atoms with E-state index in [4.69, 9.17) is 33.4 Å². The minimum absolute atomic E-state index is 0.0473. The van der Waals surface area contributed by atoms with Gasteiger partial charge in [0.15, 0.2) is 0 Å². The first-order valence-electron chi connectivity index (χ1n) is 5.87. The van der Waals surface area contributed by atoms with Crippen molar-refractivity contribution in [3.8, 4) is 0 Å². The van der Waals surface area contributed by atoms with Gasteiger partial charge in [-0.3, -0.25) is 0 Å². The van der Waals surface area contributed by atoms with E-state index < -0.39 is 0 Å². The molecule has 1 aromatic heterocycles. The summed E-state index contributed by atoms with van der Waals surface area (Å²) in [6.45, 7) is 0. The maximum atomic E-state index is 6.11. The fourth-order valence-electron chi connectivity index (χ4n) is 1.87. The molecule has 0 aliphatic heterocycles. The Morgan fingerprint density at radius 1 is 1.22 bits per heavy atom. The number of nitrogens with two attached hydrogens (primary N) is 1. The van der Waals surface area contributed by atoms with Gasteiger partial charge < -0.3 is 10.2 Å². The number of furan rings is 1. The topological polar surface area (TPSA) is 39.2 Å². The zero-order chi connectivity index (χ0) is 13.0. The zero-order valence-electron chi connectivity index (χ0n) is 9.90. The maximum absolute atomic E-state index is 6.11. The smallest absolute Gasteiger partial charge is 0.103 e. The van der Waals surface area contributed by atoms with Gasteiger partial charge in [-0.25, -0.2) is 0 Å². The molecule has 2 rings (SSSR count). The van der Waals surface area contributed by atoms with Gasteiger partial charge in [-0.05, 0) is 48.7 Å². The third kappa shape index (κ3) is 3.77. The Bertz CT molecular complexity index is 497. The van der Waals surface area contributed by atoms with Crippen molar-refractivity contribution in [2.45, 2.75) is 25.3 Å². The van der Waals surface area contributed by atoms with Crippen molar-refractivity contribution >= 4 is 23.2 Å². The van der Waals surface area contributed by atoms with Gasteiger partial charge in [0.1, 0.15) is 5.76 Å². The van der Waals surface area contributed by atoms with Crippen molar-refractivity contribution in [2.24, 2.45) is 5.73 Å². The molecule has 0 amide bonds. The van der Waals surface area contributed by atoms with Crippen molar-refractivity contribution < 1.29 is 4.42 Å². The van der Waals surface area contributed by atoms with E-state index >= 15 is 0 Å². The molecule has 2 N–H and O–H groups in total. The number of hydrogen-bond donors (Lipinski definition) is 1. The van der Waals surface area contributed by atoms with Crippen LogP contribution in [-0.2, 0) is 12.8 Å². The van der Waals surface area contributed by atoms with Gasteiger partial charge in [0, 0.05) is 22.5 Å². The fraction of sp³-hybridized carbons (Fsp3) is 0.286. The lowest BCUT2D eigenvalue weighted by atomic mass is 10.0. The number of aryl methyl sites for hydroxylation is 1. The van der Waals surface area contributed by atoms with Crippen LogP contribution in [0.3, 0.4) is 0 Å². The zero-order valence-corrected chi connectivity index (χ0v) is 11.4. The summed E-state index contributed by atoms with van der Waals surface area (Å²) in [6.07, 6.45) is 4.09. The molecule has 0 bridgehead atoms. The van der Waals surface area contributed by atoms with Gasteiger partial charge in [-0.2, -0.15) is 0 Å². The van der Waals surface area contributed by atoms with E-state index in [1.54, 1.807) is 18.4 Å². The maximum Gasteiger partial charge on any atom is 0.103 e. The summed E-state index contributed by atoms with van der Waals surface area (Å²) in [4.78, 5) is 0. The van der Waals surface area contributed by atoms with E-state index in [2.05, 4.69) is 0 Å². The number of rotatable bonds is 5. The molecule has 96 valence electrons. The minimum Gasteiger partial charge on any atom is -0.469 e. The van der Waals surface area contributed by atoms with E-state index in [0.717, 1.165) is 30.6 Å². The van der Waals surface area contributed by atoms with E-state index in [1.807, 2.05) is 18.2 Å². The van der Waals surface area contributed by atoms with Crippen LogP contribution in [0.5, 0.6) is 0 Å². The molecule has 0 aliphatic rings. The van der Waals surface area contributed by atoms with E-state index in [0.29, 0.717) is 10.0 Å². The highest BCUT2D eigenvalue weighted by Gasteiger charge is 2.09. The minimum atomic E-state index is 0.0473. The average molecular weight is 284 g/mol.